The summed E-state index contributed by atoms with van der Waals surface area (Å²) in [5.41, 5.74) is 5.50. The van der Waals surface area contributed by atoms with Gasteiger partial charge < -0.3 is 29.1 Å². The molecular weight excluding hydrogens is 614 g/mol. The number of aryl methyl sites for hydroxylation is 2. The number of piperazine rings is 1. The summed E-state index contributed by atoms with van der Waals surface area (Å²) in [5.74, 6) is 0.837. The molecule has 0 aliphatic carbocycles. The van der Waals surface area contributed by atoms with Crippen LogP contribution in [0.1, 0.15) is 48.1 Å². The van der Waals surface area contributed by atoms with Crippen molar-refractivity contribution in [1.82, 2.24) is 19.8 Å². The Hall–Kier alpha value is -4.88. The molecule has 3 aromatic carbocycles. The van der Waals surface area contributed by atoms with E-state index < -0.39 is 6.09 Å². The topological polar surface area (TPSA) is 98.1 Å². The number of carbonyl (C=O) groups is 1. The highest BCUT2D eigenvalue weighted by molar-refractivity contribution is 5.97. The van der Waals surface area contributed by atoms with E-state index in [1.54, 1.807) is 4.90 Å². The fourth-order valence-electron chi connectivity index (χ4n) is 7.60. The predicted octanol–water partition coefficient (Wildman–Crippen LogP) is 6.11. The van der Waals surface area contributed by atoms with Crippen molar-refractivity contribution in [2.24, 2.45) is 0 Å². The van der Waals surface area contributed by atoms with Crippen LogP contribution < -0.4 is 14.5 Å². The van der Waals surface area contributed by atoms with E-state index in [0.29, 0.717) is 44.8 Å². The molecule has 1 aromatic heterocycles. The van der Waals surface area contributed by atoms with Gasteiger partial charge in [-0.25, -0.2) is 4.79 Å². The average molecular weight is 660 g/mol. The number of hydrogen-bond acceptors (Lipinski definition) is 9. The van der Waals surface area contributed by atoms with Crippen molar-refractivity contribution in [3.63, 3.8) is 0 Å². The molecule has 3 aliphatic heterocycles. The maximum absolute atomic E-state index is 13.3. The molecule has 0 saturated carbocycles. The van der Waals surface area contributed by atoms with Gasteiger partial charge in [0.15, 0.2) is 0 Å². The van der Waals surface area contributed by atoms with Crippen LogP contribution in [0.25, 0.3) is 10.8 Å². The van der Waals surface area contributed by atoms with Gasteiger partial charge in [-0.15, -0.1) is 0 Å². The third-order valence-corrected chi connectivity index (χ3v) is 10.3. The molecule has 4 aromatic rings. The van der Waals surface area contributed by atoms with Crippen LogP contribution in [0.2, 0.25) is 0 Å². The highest BCUT2D eigenvalue weighted by atomic mass is 16.6. The predicted molar refractivity (Wildman–Crippen MR) is 191 cm³/mol. The first-order valence-electron chi connectivity index (χ1n) is 17.5. The van der Waals surface area contributed by atoms with Gasteiger partial charge in [-0.1, -0.05) is 60.7 Å². The molecule has 2 atom stereocenters. The van der Waals surface area contributed by atoms with Crippen LogP contribution in [0.15, 0.2) is 66.7 Å². The number of fused-ring (bicyclic) bond motifs is 2. The first kappa shape index (κ1) is 32.7. The molecule has 7 rings (SSSR count). The van der Waals surface area contributed by atoms with Gasteiger partial charge in [0.1, 0.15) is 19.0 Å². The Kier molecular flexibility index (Phi) is 9.80. The van der Waals surface area contributed by atoms with E-state index in [0.717, 1.165) is 55.0 Å². The molecule has 3 aliphatic rings. The molecule has 10 nitrogen and oxygen atoms in total. The highest BCUT2D eigenvalue weighted by Crippen LogP contribution is 2.36. The monoisotopic (exact) mass is 659 g/mol. The number of likely N-dealkylation sites (N-methyl/N-ethyl adjacent to an activating group) is 1. The number of hydrogen-bond donors (Lipinski definition) is 0. The van der Waals surface area contributed by atoms with Crippen molar-refractivity contribution in [3.05, 3.63) is 89.1 Å². The molecule has 0 radical (unpaired) electrons. The zero-order chi connectivity index (χ0) is 33.7. The van der Waals surface area contributed by atoms with E-state index in [1.165, 1.54) is 28.4 Å². The van der Waals surface area contributed by atoms with Crippen molar-refractivity contribution in [2.75, 3.05) is 56.2 Å². The summed E-state index contributed by atoms with van der Waals surface area (Å²) in [4.78, 5) is 32.2. The maximum Gasteiger partial charge on any atom is 0.410 e. The Bertz CT molecular complexity index is 1820. The molecule has 0 spiro atoms. The number of rotatable bonds is 8. The van der Waals surface area contributed by atoms with E-state index in [1.807, 2.05) is 30.3 Å². The Balaban J connectivity index is 1.19. The van der Waals surface area contributed by atoms with Gasteiger partial charge in [0, 0.05) is 55.4 Å². The Labute approximate surface area is 288 Å². The Morgan fingerprint density at radius 2 is 1.78 bits per heavy atom. The van der Waals surface area contributed by atoms with E-state index in [9.17, 15) is 10.1 Å². The minimum Gasteiger partial charge on any atom is -0.462 e. The summed E-state index contributed by atoms with van der Waals surface area (Å²) in [6.07, 6.45) is 3.84. The second kappa shape index (κ2) is 14.7. The third kappa shape index (κ3) is 7.13. The first-order valence-corrected chi connectivity index (χ1v) is 17.5. The largest absolute Gasteiger partial charge is 0.462 e. The summed E-state index contributed by atoms with van der Waals surface area (Å²) >= 11 is 0. The first-order chi connectivity index (χ1) is 24.0. The molecular formula is C39H45N7O3. The van der Waals surface area contributed by atoms with Crippen molar-refractivity contribution in [3.8, 4) is 12.1 Å². The summed E-state index contributed by atoms with van der Waals surface area (Å²) < 4.78 is 12.1. The van der Waals surface area contributed by atoms with Gasteiger partial charge in [-0.3, -0.25) is 0 Å². The fraction of sp³-hybridized carbons (Fsp3) is 0.436. The molecule has 2 unspecified atom stereocenters. The molecule has 1 amide bonds. The van der Waals surface area contributed by atoms with E-state index in [4.69, 9.17) is 19.4 Å². The number of ether oxygens (including phenoxy) is 2. The highest BCUT2D eigenvalue weighted by Gasteiger charge is 2.35. The lowest BCUT2D eigenvalue weighted by molar-refractivity contribution is 0.0767. The number of nitriles is 1. The van der Waals surface area contributed by atoms with E-state index >= 15 is 0 Å². The van der Waals surface area contributed by atoms with Crippen molar-refractivity contribution in [2.45, 2.75) is 64.3 Å². The lowest BCUT2D eigenvalue weighted by Crippen LogP contribution is -2.55. The lowest BCUT2D eigenvalue weighted by Gasteiger charge is -2.41. The Morgan fingerprint density at radius 3 is 2.57 bits per heavy atom. The van der Waals surface area contributed by atoms with Gasteiger partial charge in [-0.2, -0.15) is 15.2 Å². The number of nitrogens with zero attached hydrogens (tertiary/aromatic N) is 7. The minimum atomic E-state index is -0.396. The van der Waals surface area contributed by atoms with Crippen molar-refractivity contribution < 1.29 is 14.3 Å². The number of aromatic nitrogens is 2. The minimum absolute atomic E-state index is 0.193. The molecule has 4 heterocycles. The summed E-state index contributed by atoms with van der Waals surface area (Å²) in [6, 6.07) is 25.4. The standard InChI is InChI=1S/C39H45N7O3/c1-28-10-6-13-30-14-7-17-35(36(28)30)44-21-9-16-34-33(25-44)37(42-38(41-34)48-27-32-15-8-20-43(32)2)45-22-23-46(31(24-45)18-19-40)39(47)49-26-29-11-4-3-5-12-29/h3-7,10-14,17,31-32H,8-9,15-16,18,20-27H2,1-2H3. The number of likely N-dealkylation sites (tertiary alicyclic amines) is 1. The van der Waals surface area contributed by atoms with Gasteiger partial charge in [0.2, 0.25) is 0 Å². The van der Waals surface area contributed by atoms with Crippen LogP contribution in [0.5, 0.6) is 6.01 Å². The second-order valence-electron chi connectivity index (χ2n) is 13.5. The second-order valence-corrected chi connectivity index (χ2v) is 13.5. The van der Waals surface area contributed by atoms with E-state index in [-0.39, 0.29) is 19.1 Å². The van der Waals surface area contributed by atoms with Crippen LogP contribution in [-0.2, 0) is 24.3 Å². The summed E-state index contributed by atoms with van der Waals surface area (Å²) in [7, 11) is 2.15. The maximum atomic E-state index is 13.3. The van der Waals surface area contributed by atoms with Crippen molar-refractivity contribution in [1.29, 1.82) is 5.26 Å². The average Bonchev–Trinajstić information content (AvgIpc) is 3.41. The van der Waals surface area contributed by atoms with Crippen LogP contribution in [0.4, 0.5) is 16.3 Å². The van der Waals surface area contributed by atoms with Gasteiger partial charge >= 0.3 is 12.1 Å². The number of carbonyl (C=O) groups excluding carboxylic acids is 1. The molecule has 2 fully saturated rings. The number of anilines is 2. The van der Waals surface area contributed by atoms with Crippen molar-refractivity contribution >= 4 is 28.4 Å². The van der Waals surface area contributed by atoms with Gasteiger partial charge in [0.25, 0.3) is 0 Å². The van der Waals surface area contributed by atoms with Gasteiger partial charge in [-0.05, 0) is 68.8 Å². The van der Waals surface area contributed by atoms with Crippen LogP contribution in [-0.4, -0.2) is 84.3 Å². The molecule has 2 saturated heterocycles. The van der Waals surface area contributed by atoms with E-state index in [2.05, 4.69) is 71.1 Å². The zero-order valence-electron chi connectivity index (χ0n) is 28.6. The summed E-state index contributed by atoms with van der Waals surface area (Å²) in [5, 5.41) is 12.3. The number of amides is 1. The van der Waals surface area contributed by atoms with Crippen LogP contribution in [0.3, 0.4) is 0 Å². The zero-order valence-corrected chi connectivity index (χ0v) is 28.6. The van der Waals surface area contributed by atoms with Gasteiger partial charge in [0.05, 0.1) is 24.2 Å². The fourth-order valence-corrected chi connectivity index (χ4v) is 7.60. The smallest absolute Gasteiger partial charge is 0.410 e. The lowest BCUT2D eigenvalue weighted by atomic mass is 10.0. The summed E-state index contributed by atoms with van der Waals surface area (Å²) in [6.45, 7) is 7.00. The molecule has 0 N–H and O–H groups in total. The normalized spacial score (nSPS) is 19.7. The molecule has 0 bridgehead atoms. The quantitative estimate of drug-likeness (QED) is 0.222. The third-order valence-electron chi connectivity index (χ3n) is 10.3. The SMILES string of the molecule is Cc1cccc2cccc(N3CCCc4nc(OCC5CCCN5C)nc(N5CCN(C(=O)OCc6ccccc6)C(CC#N)C5)c4C3)c12. The molecule has 10 heteroatoms. The van der Waals surface area contributed by atoms with Crippen LogP contribution in [0, 0.1) is 18.3 Å². The molecule has 49 heavy (non-hydrogen) atoms. The molecule has 254 valence electrons. The number of benzene rings is 3. The van der Waals surface area contributed by atoms with Crippen LogP contribution >= 0.6 is 0 Å². The Morgan fingerprint density at radius 1 is 0.939 bits per heavy atom.